The zero-order chi connectivity index (χ0) is 26.1. The number of nitrogens with zero attached hydrogens (tertiary/aromatic N) is 2. The van der Waals surface area contributed by atoms with Gasteiger partial charge in [0, 0.05) is 29.6 Å². The lowest BCUT2D eigenvalue weighted by Gasteiger charge is -2.40. The van der Waals surface area contributed by atoms with Gasteiger partial charge in [0.25, 0.3) is 0 Å². The van der Waals surface area contributed by atoms with Crippen molar-refractivity contribution in [3.05, 3.63) is 82.0 Å². The molecule has 1 atom stereocenters. The third-order valence-electron chi connectivity index (χ3n) is 6.19. The first kappa shape index (κ1) is 26.1. The van der Waals surface area contributed by atoms with Crippen molar-refractivity contribution in [1.82, 2.24) is 9.21 Å². The van der Waals surface area contributed by atoms with E-state index < -0.39 is 15.6 Å². The fourth-order valence-electron chi connectivity index (χ4n) is 4.52. The van der Waals surface area contributed by atoms with Gasteiger partial charge in [0.2, 0.25) is 21.8 Å². The van der Waals surface area contributed by atoms with Crippen molar-refractivity contribution in [3.8, 4) is 0 Å². The number of carbonyl (C=O) groups is 2. The second kappa shape index (κ2) is 10.2. The average Bonchev–Trinajstić information content (AvgIpc) is 3.30. The van der Waals surface area contributed by atoms with Gasteiger partial charge in [-0.1, -0.05) is 30.3 Å². The molecule has 36 heavy (non-hydrogen) atoms. The first-order valence-electron chi connectivity index (χ1n) is 11.8. The highest BCUT2D eigenvalue weighted by atomic mass is 32.2. The van der Waals surface area contributed by atoms with Gasteiger partial charge in [-0.25, -0.2) is 8.42 Å². The molecule has 9 heteroatoms. The number of benzene rings is 2. The van der Waals surface area contributed by atoms with Crippen LogP contribution in [0.25, 0.3) is 0 Å². The summed E-state index contributed by atoms with van der Waals surface area (Å²) in [6.07, 6.45) is 0.745. The molecule has 0 aliphatic carbocycles. The maximum atomic E-state index is 13.8. The van der Waals surface area contributed by atoms with E-state index in [1.807, 2.05) is 35.7 Å². The Balaban J connectivity index is 1.65. The summed E-state index contributed by atoms with van der Waals surface area (Å²) in [4.78, 5) is 28.2. The molecule has 1 N–H and O–H groups in total. The van der Waals surface area contributed by atoms with Crippen LogP contribution in [0, 0.1) is 0 Å². The summed E-state index contributed by atoms with van der Waals surface area (Å²) in [5.41, 5.74) is 1.77. The molecule has 4 rings (SSSR count). The zero-order valence-electron chi connectivity index (χ0n) is 20.9. The van der Waals surface area contributed by atoms with E-state index in [9.17, 15) is 18.0 Å². The summed E-state index contributed by atoms with van der Waals surface area (Å²) in [6.45, 7) is 6.99. The first-order valence-corrected chi connectivity index (χ1v) is 14.1. The SMILES string of the molecule is CC(=O)Nc1ccc(S(=O)(=O)N(CC(=O)N2CCc3sccc3C2c2ccccc2)C(C)(C)C)cc1. The van der Waals surface area contributed by atoms with Crippen molar-refractivity contribution in [3.63, 3.8) is 0 Å². The van der Waals surface area contributed by atoms with Gasteiger partial charge in [-0.2, -0.15) is 4.31 Å². The van der Waals surface area contributed by atoms with Gasteiger partial charge in [-0.15, -0.1) is 11.3 Å². The van der Waals surface area contributed by atoms with Gasteiger partial charge < -0.3 is 10.2 Å². The van der Waals surface area contributed by atoms with Crippen LogP contribution in [-0.2, 0) is 26.0 Å². The molecular weight excluding hydrogens is 494 g/mol. The van der Waals surface area contributed by atoms with Gasteiger partial charge in [-0.05, 0) is 74.0 Å². The third-order valence-corrected chi connectivity index (χ3v) is 9.31. The Bertz CT molecular complexity index is 1340. The summed E-state index contributed by atoms with van der Waals surface area (Å²) >= 11 is 1.69. The van der Waals surface area contributed by atoms with Crippen molar-refractivity contribution in [2.75, 3.05) is 18.4 Å². The summed E-state index contributed by atoms with van der Waals surface area (Å²) < 4.78 is 28.7. The summed E-state index contributed by atoms with van der Waals surface area (Å²) in [7, 11) is -3.99. The van der Waals surface area contributed by atoms with E-state index in [1.165, 1.54) is 28.2 Å². The van der Waals surface area contributed by atoms with Gasteiger partial charge in [-0.3, -0.25) is 9.59 Å². The monoisotopic (exact) mass is 525 g/mol. The van der Waals surface area contributed by atoms with E-state index in [4.69, 9.17) is 0 Å². The first-order chi connectivity index (χ1) is 17.0. The van der Waals surface area contributed by atoms with Gasteiger partial charge in [0.05, 0.1) is 17.5 Å². The van der Waals surface area contributed by atoms with E-state index >= 15 is 0 Å². The number of amides is 2. The Morgan fingerprint density at radius 3 is 2.33 bits per heavy atom. The van der Waals surface area contributed by atoms with E-state index in [0.29, 0.717) is 12.2 Å². The predicted molar refractivity (Wildman–Crippen MR) is 142 cm³/mol. The van der Waals surface area contributed by atoms with Crippen LogP contribution < -0.4 is 5.32 Å². The van der Waals surface area contributed by atoms with Gasteiger partial charge in [0.15, 0.2) is 0 Å². The number of thiophene rings is 1. The molecule has 7 nitrogen and oxygen atoms in total. The predicted octanol–water partition coefficient (Wildman–Crippen LogP) is 4.67. The molecule has 0 saturated heterocycles. The number of rotatable bonds is 6. The van der Waals surface area contributed by atoms with Crippen LogP contribution in [0.5, 0.6) is 0 Å². The number of carbonyl (C=O) groups excluding carboxylic acids is 2. The number of anilines is 1. The van der Waals surface area contributed by atoms with Crippen LogP contribution in [0.2, 0.25) is 0 Å². The second-order valence-corrected chi connectivity index (χ2v) is 12.7. The van der Waals surface area contributed by atoms with Crippen LogP contribution in [0.3, 0.4) is 0 Å². The largest absolute Gasteiger partial charge is 0.330 e. The molecule has 1 aliphatic rings. The van der Waals surface area contributed by atoms with E-state index in [2.05, 4.69) is 11.4 Å². The van der Waals surface area contributed by atoms with E-state index in [1.54, 1.807) is 49.1 Å². The number of hydrogen-bond acceptors (Lipinski definition) is 5. The van der Waals surface area contributed by atoms with Crippen LogP contribution in [0.1, 0.15) is 49.7 Å². The molecule has 1 aliphatic heterocycles. The van der Waals surface area contributed by atoms with E-state index in [0.717, 1.165) is 17.5 Å². The van der Waals surface area contributed by atoms with E-state index in [-0.39, 0.29) is 29.3 Å². The minimum absolute atomic E-state index is 0.0673. The van der Waals surface area contributed by atoms with Crippen molar-refractivity contribution in [2.24, 2.45) is 0 Å². The van der Waals surface area contributed by atoms with Crippen molar-refractivity contribution in [1.29, 1.82) is 0 Å². The minimum atomic E-state index is -3.99. The Morgan fingerprint density at radius 1 is 1.06 bits per heavy atom. The summed E-state index contributed by atoms with van der Waals surface area (Å²) in [5, 5.41) is 4.68. The Hall–Kier alpha value is -3.01. The second-order valence-electron chi connectivity index (χ2n) is 9.84. The fraction of sp³-hybridized carbons (Fsp3) is 0.333. The van der Waals surface area contributed by atoms with Gasteiger partial charge >= 0.3 is 0 Å². The highest BCUT2D eigenvalue weighted by Gasteiger charge is 2.39. The van der Waals surface area contributed by atoms with Crippen LogP contribution >= 0.6 is 11.3 Å². The lowest BCUT2D eigenvalue weighted by Crippen LogP contribution is -2.52. The Kier molecular flexibility index (Phi) is 7.36. The molecule has 1 aromatic heterocycles. The van der Waals surface area contributed by atoms with Crippen LogP contribution in [0.15, 0.2) is 70.9 Å². The van der Waals surface area contributed by atoms with Crippen molar-refractivity contribution >= 4 is 38.9 Å². The summed E-state index contributed by atoms with van der Waals surface area (Å²) in [5.74, 6) is -0.482. The Morgan fingerprint density at radius 2 is 1.72 bits per heavy atom. The molecule has 190 valence electrons. The zero-order valence-corrected chi connectivity index (χ0v) is 22.5. The normalized spacial score (nSPS) is 16.0. The van der Waals surface area contributed by atoms with Crippen molar-refractivity contribution < 1.29 is 18.0 Å². The number of hydrogen-bond donors (Lipinski definition) is 1. The number of fused-ring (bicyclic) bond motifs is 1. The fourth-order valence-corrected chi connectivity index (χ4v) is 7.16. The van der Waals surface area contributed by atoms with Crippen LogP contribution in [-0.4, -0.2) is 48.1 Å². The minimum Gasteiger partial charge on any atom is -0.330 e. The quantitative estimate of drug-likeness (QED) is 0.507. The van der Waals surface area contributed by atoms with Gasteiger partial charge in [0.1, 0.15) is 0 Å². The highest BCUT2D eigenvalue weighted by molar-refractivity contribution is 7.89. The van der Waals surface area contributed by atoms with Crippen molar-refractivity contribution in [2.45, 2.75) is 50.6 Å². The molecule has 0 fully saturated rings. The molecular formula is C27H31N3O4S2. The molecule has 2 amide bonds. The maximum Gasteiger partial charge on any atom is 0.244 e. The molecule has 0 radical (unpaired) electrons. The lowest BCUT2D eigenvalue weighted by atomic mass is 9.93. The number of nitrogens with one attached hydrogen (secondary N) is 1. The topological polar surface area (TPSA) is 86.8 Å². The smallest absolute Gasteiger partial charge is 0.244 e. The molecule has 1 unspecified atom stereocenters. The molecule has 0 bridgehead atoms. The standard InChI is InChI=1S/C27H31N3O4S2/c1-19(31)28-21-10-12-22(13-11-21)36(33,34)30(27(2,3)4)18-25(32)29-16-14-24-23(15-17-35-24)26(29)20-8-6-5-7-9-20/h5-13,15,17,26H,14,16,18H2,1-4H3,(H,28,31). The van der Waals surface area contributed by atoms with Crippen LogP contribution in [0.4, 0.5) is 5.69 Å². The average molecular weight is 526 g/mol. The Labute approximate surface area is 216 Å². The molecule has 0 saturated carbocycles. The number of sulfonamides is 1. The highest BCUT2D eigenvalue weighted by Crippen LogP contribution is 2.38. The lowest BCUT2D eigenvalue weighted by molar-refractivity contribution is -0.134. The molecule has 2 aromatic carbocycles. The molecule has 3 aromatic rings. The molecule has 0 spiro atoms. The summed E-state index contributed by atoms with van der Waals surface area (Å²) in [6, 6.07) is 17.7. The maximum absolute atomic E-state index is 13.8. The third kappa shape index (κ3) is 5.38. The molecule has 2 heterocycles.